The maximum atomic E-state index is 11.8. The van der Waals surface area contributed by atoms with E-state index in [-0.39, 0.29) is 11.9 Å². The SMILES string of the molecule is CNC(=O)[C@H]1C[C@@H]2CN(Cc3ccsc3)C[C@@H]2N1C. The van der Waals surface area contributed by atoms with Crippen LogP contribution < -0.4 is 5.32 Å². The van der Waals surface area contributed by atoms with E-state index in [1.165, 1.54) is 5.56 Å². The highest BCUT2D eigenvalue weighted by molar-refractivity contribution is 7.07. The number of rotatable bonds is 3. The molecule has 0 saturated carbocycles. The number of fused-ring (bicyclic) bond motifs is 1. The van der Waals surface area contributed by atoms with Crippen molar-refractivity contribution in [2.75, 3.05) is 27.2 Å². The van der Waals surface area contributed by atoms with E-state index < -0.39 is 0 Å². The van der Waals surface area contributed by atoms with Gasteiger partial charge in [-0.05, 0) is 41.8 Å². The fourth-order valence-electron chi connectivity index (χ4n) is 3.55. The van der Waals surface area contributed by atoms with E-state index in [1.54, 1.807) is 18.4 Å². The average Bonchev–Trinajstić information content (AvgIpc) is 3.09. The molecular formula is C14H21N3OS. The molecule has 2 aliphatic heterocycles. The molecule has 1 amide bonds. The number of likely N-dealkylation sites (N-methyl/N-ethyl adjacent to an activating group) is 2. The van der Waals surface area contributed by atoms with Crippen LogP contribution in [0.2, 0.25) is 0 Å². The molecular weight excluding hydrogens is 258 g/mol. The third-order valence-corrected chi connectivity index (χ3v) is 5.29. The van der Waals surface area contributed by atoms with Gasteiger partial charge in [0.1, 0.15) is 0 Å². The van der Waals surface area contributed by atoms with Crippen LogP contribution in [0.15, 0.2) is 16.8 Å². The standard InChI is InChI=1S/C14H21N3OS/c1-15-14(18)12-5-11-7-17(8-13(11)16(12)2)6-10-3-4-19-9-10/h3-4,9,11-13H,5-8H2,1-2H3,(H,15,18)/t11-,12-,13+/m1/s1. The molecule has 104 valence electrons. The number of hydrogen-bond acceptors (Lipinski definition) is 4. The fourth-order valence-corrected chi connectivity index (χ4v) is 4.21. The Bertz CT molecular complexity index is 448. The number of amides is 1. The Hall–Kier alpha value is -0.910. The van der Waals surface area contributed by atoms with Gasteiger partial charge in [0.25, 0.3) is 0 Å². The van der Waals surface area contributed by atoms with Gasteiger partial charge in [-0.25, -0.2) is 0 Å². The summed E-state index contributed by atoms with van der Waals surface area (Å²) in [6, 6.07) is 2.82. The number of nitrogens with zero attached hydrogens (tertiary/aromatic N) is 2. The molecule has 19 heavy (non-hydrogen) atoms. The third-order valence-electron chi connectivity index (χ3n) is 4.56. The van der Waals surface area contributed by atoms with E-state index >= 15 is 0 Å². The summed E-state index contributed by atoms with van der Waals surface area (Å²) in [4.78, 5) is 16.6. The Morgan fingerprint density at radius 2 is 2.37 bits per heavy atom. The van der Waals surface area contributed by atoms with E-state index in [9.17, 15) is 4.79 Å². The van der Waals surface area contributed by atoms with E-state index in [2.05, 4.69) is 39.0 Å². The van der Waals surface area contributed by atoms with Crippen LogP contribution in [0.1, 0.15) is 12.0 Å². The first kappa shape index (κ1) is 13.1. The van der Waals surface area contributed by atoms with E-state index in [0.29, 0.717) is 12.0 Å². The van der Waals surface area contributed by atoms with Crippen LogP contribution in [-0.4, -0.2) is 55.0 Å². The highest BCUT2D eigenvalue weighted by atomic mass is 32.1. The molecule has 0 spiro atoms. The van der Waals surface area contributed by atoms with Crippen LogP contribution in [0, 0.1) is 5.92 Å². The molecule has 3 rings (SSSR count). The van der Waals surface area contributed by atoms with E-state index in [1.807, 2.05) is 0 Å². The van der Waals surface area contributed by atoms with Gasteiger partial charge in [0, 0.05) is 32.7 Å². The molecule has 3 atom stereocenters. The van der Waals surface area contributed by atoms with E-state index in [0.717, 1.165) is 26.1 Å². The van der Waals surface area contributed by atoms with Gasteiger partial charge in [-0.3, -0.25) is 14.6 Å². The number of thiophene rings is 1. The second-order valence-corrected chi connectivity index (χ2v) is 6.46. The highest BCUT2D eigenvalue weighted by Gasteiger charge is 2.46. The first-order valence-electron chi connectivity index (χ1n) is 6.86. The lowest BCUT2D eigenvalue weighted by Gasteiger charge is -2.25. The maximum Gasteiger partial charge on any atom is 0.237 e. The maximum absolute atomic E-state index is 11.8. The largest absolute Gasteiger partial charge is 0.358 e. The van der Waals surface area contributed by atoms with Crippen LogP contribution in [0.4, 0.5) is 0 Å². The smallest absolute Gasteiger partial charge is 0.237 e. The fraction of sp³-hybridized carbons (Fsp3) is 0.643. The summed E-state index contributed by atoms with van der Waals surface area (Å²) in [6.07, 6.45) is 1.00. The van der Waals surface area contributed by atoms with Gasteiger partial charge in [0.05, 0.1) is 6.04 Å². The molecule has 2 saturated heterocycles. The first-order valence-corrected chi connectivity index (χ1v) is 7.80. The van der Waals surface area contributed by atoms with Crippen molar-refractivity contribution >= 4 is 17.2 Å². The quantitative estimate of drug-likeness (QED) is 0.896. The number of hydrogen-bond donors (Lipinski definition) is 1. The zero-order valence-electron chi connectivity index (χ0n) is 11.5. The lowest BCUT2D eigenvalue weighted by Crippen LogP contribution is -2.44. The number of likely N-dealkylation sites (tertiary alicyclic amines) is 2. The van der Waals surface area contributed by atoms with Crippen LogP contribution in [0.3, 0.4) is 0 Å². The Morgan fingerprint density at radius 3 is 3.00 bits per heavy atom. The minimum atomic E-state index is 0.0725. The summed E-state index contributed by atoms with van der Waals surface area (Å²) in [5, 5.41) is 7.15. The molecule has 2 fully saturated rings. The van der Waals surface area contributed by atoms with Crippen molar-refractivity contribution in [2.24, 2.45) is 5.92 Å². The predicted octanol–water partition coefficient (Wildman–Crippen LogP) is 0.999. The lowest BCUT2D eigenvalue weighted by molar-refractivity contribution is -0.125. The number of nitrogens with one attached hydrogen (secondary N) is 1. The van der Waals surface area contributed by atoms with Crippen molar-refractivity contribution < 1.29 is 4.79 Å². The normalized spacial score (nSPS) is 31.6. The van der Waals surface area contributed by atoms with Crippen molar-refractivity contribution in [3.05, 3.63) is 22.4 Å². The Labute approximate surface area is 118 Å². The molecule has 0 bridgehead atoms. The molecule has 0 radical (unpaired) electrons. The Kier molecular flexibility index (Phi) is 3.60. The lowest BCUT2D eigenvalue weighted by atomic mass is 10.0. The topological polar surface area (TPSA) is 35.6 Å². The number of carbonyl (C=O) groups is 1. The van der Waals surface area contributed by atoms with Gasteiger partial charge in [-0.2, -0.15) is 11.3 Å². The average molecular weight is 279 g/mol. The van der Waals surface area contributed by atoms with Crippen LogP contribution in [0.25, 0.3) is 0 Å². The van der Waals surface area contributed by atoms with Crippen molar-refractivity contribution in [1.29, 1.82) is 0 Å². The van der Waals surface area contributed by atoms with Crippen LogP contribution in [-0.2, 0) is 11.3 Å². The van der Waals surface area contributed by atoms with Crippen molar-refractivity contribution in [2.45, 2.75) is 25.0 Å². The molecule has 1 aromatic heterocycles. The third kappa shape index (κ3) is 2.42. The Balaban J connectivity index is 1.61. The minimum absolute atomic E-state index is 0.0725. The van der Waals surface area contributed by atoms with Gasteiger partial charge in [0.15, 0.2) is 0 Å². The van der Waals surface area contributed by atoms with Gasteiger partial charge in [-0.15, -0.1) is 0 Å². The predicted molar refractivity (Wildman–Crippen MR) is 77.1 cm³/mol. The summed E-state index contributed by atoms with van der Waals surface area (Å²) in [5.41, 5.74) is 1.41. The van der Waals surface area contributed by atoms with Crippen LogP contribution in [0.5, 0.6) is 0 Å². The summed E-state index contributed by atoms with van der Waals surface area (Å²) in [6.45, 7) is 3.26. The van der Waals surface area contributed by atoms with E-state index in [4.69, 9.17) is 0 Å². The molecule has 4 nitrogen and oxygen atoms in total. The number of carbonyl (C=O) groups excluding carboxylic acids is 1. The monoisotopic (exact) mass is 279 g/mol. The zero-order chi connectivity index (χ0) is 13.4. The summed E-state index contributed by atoms with van der Waals surface area (Å²) < 4.78 is 0. The minimum Gasteiger partial charge on any atom is -0.358 e. The molecule has 1 N–H and O–H groups in total. The molecule has 5 heteroatoms. The van der Waals surface area contributed by atoms with Gasteiger partial charge >= 0.3 is 0 Å². The molecule has 0 aliphatic carbocycles. The second kappa shape index (κ2) is 5.23. The van der Waals surface area contributed by atoms with Crippen molar-refractivity contribution in [1.82, 2.24) is 15.1 Å². The molecule has 0 aromatic carbocycles. The summed E-state index contributed by atoms with van der Waals surface area (Å²) in [7, 11) is 3.83. The van der Waals surface area contributed by atoms with Gasteiger partial charge in [0.2, 0.25) is 5.91 Å². The highest BCUT2D eigenvalue weighted by Crippen LogP contribution is 2.35. The van der Waals surface area contributed by atoms with Crippen LogP contribution >= 0.6 is 11.3 Å². The van der Waals surface area contributed by atoms with Gasteiger partial charge < -0.3 is 5.32 Å². The molecule has 3 heterocycles. The first-order chi connectivity index (χ1) is 9.19. The van der Waals surface area contributed by atoms with Crippen molar-refractivity contribution in [3.63, 3.8) is 0 Å². The second-order valence-electron chi connectivity index (χ2n) is 5.68. The molecule has 2 aliphatic rings. The van der Waals surface area contributed by atoms with Crippen molar-refractivity contribution in [3.8, 4) is 0 Å². The van der Waals surface area contributed by atoms with Gasteiger partial charge in [-0.1, -0.05) is 0 Å². The summed E-state index contributed by atoms with van der Waals surface area (Å²) >= 11 is 1.76. The molecule has 0 unspecified atom stereocenters. The molecule has 1 aromatic rings. The summed E-state index contributed by atoms with van der Waals surface area (Å²) in [5.74, 6) is 0.812. The zero-order valence-corrected chi connectivity index (χ0v) is 12.3. The Morgan fingerprint density at radius 1 is 1.53 bits per heavy atom.